The SMILES string of the molecule is Cn1cc(C(=O)NC2CCCN(c3cc(=O)n(C)cn3)C2)cn1. The number of aryl methyl sites for hydroxylation is 2. The normalized spacial score (nSPS) is 18.0. The molecule has 2 aromatic heterocycles. The number of nitrogens with one attached hydrogen (secondary N) is 1. The van der Waals surface area contributed by atoms with Crippen LogP contribution in [-0.4, -0.2) is 44.4 Å². The summed E-state index contributed by atoms with van der Waals surface area (Å²) in [6.45, 7) is 1.48. The first-order valence-corrected chi connectivity index (χ1v) is 7.60. The maximum Gasteiger partial charge on any atom is 0.255 e. The van der Waals surface area contributed by atoms with Gasteiger partial charge in [-0.15, -0.1) is 0 Å². The number of hydrogen-bond donors (Lipinski definition) is 1. The number of piperidine rings is 1. The molecule has 1 aliphatic rings. The lowest BCUT2D eigenvalue weighted by Gasteiger charge is -2.33. The number of rotatable bonds is 3. The van der Waals surface area contributed by atoms with Crippen LogP contribution >= 0.6 is 0 Å². The monoisotopic (exact) mass is 316 g/mol. The zero-order valence-electron chi connectivity index (χ0n) is 13.3. The van der Waals surface area contributed by atoms with Crippen LogP contribution in [0.1, 0.15) is 23.2 Å². The molecule has 122 valence electrons. The second kappa shape index (κ2) is 6.23. The Labute approximate surface area is 133 Å². The minimum Gasteiger partial charge on any atom is -0.354 e. The largest absolute Gasteiger partial charge is 0.354 e. The molecular formula is C15H20N6O2. The third-order valence-electron chi connectivity index (χ3n) is 4.01. The Balaban J connectivity index is 1.67. The molecule has 0 saturated carbocycles. The predicted octanol–water partition coefficient (Wildman–Crippen LogP) is -0.0874. The van der Waals surface area contributed by atoms with Gasteiger partial charge in [0.05, 0.1) is 18.1 Å². The molecule has 1 saturated heterocycles. The molecule has 2 aromatic rings. The summed E-state index contributed by atoms with van der Waals surface area (Å²) in [5.41, 5.74) is 0.466. The molecule has 8 heteroatoms. The number of aromatic nitrogens is 4. The summed E-state index contributed by atoms with van der Waals surface area (Å²) in [6, 6.07) is 1.56. The van der Waals surface area contributed by atoms with Gasteiger partial charge in [-0.25, -0.2) is 4.98 Å². The fourth-order valence-electron chi connectivity index (χ4n) is 2.74. The Morgan fingerprint density at radius 3 is 2.91 bits per heavy atom. The topological polar surface area (TPSA) is 85.0 Å². The zero-order valence-corrected chi connectivity index (χ0v) is 13.3. The summed E-state index contributed by atoms with van der Waals surface area (Å²) < 4.78 is 3.04. The van der Waals surface area contributed by atoms with Crippen molar-refractivity contribution in [3.8, 4) is 0 Å². The molecule has 1 aliphatic heterocycles. The minimum atomic E-state index is -0.123. The van der Waals surface area contributed by atoms with Crippen molar-refractivity contribution >= 4 is 11.7 Å². The number of carbonyl (C=O) groups is 1. The van der Waals surface area contributed by atoms with Gasteiger partial charge >= 0.3 is 0 Å². The molecule has 1 unspecified atom stereocenters. The number of carbonyl (C=O) groups excluding carboxylic acids is 1. The van der Waals surface area contributed by atoms with Gasteiger partial charge in [-0.05, 0) is 12.8 Å². The first-order chi connectivity index (χ1) is 11.0. The summed E-state index contributed by atoms with van der Waals surface area (Å²) in [5.74, 6) is 0.537. The van der Waals surface area contributed by atoms with E-state index >= 15 is 0 Å². The smallest absolute Gasteiger partial charge is 0.255 e. The Bertz CT molecular complexity index is 765. The molecule has 0 aliphatic carbocycles. The standard InChI is InChI=1S/C15H20N6O2/c1-19-10-16-13(6-14(19)22)21-5-3-4-12(9-21)18-15(23)11-7-17-20(2)8-11/h6-8,10,12H,3-5,9H2,1-2H3,(H,18,23). The second-order valence-electron chi connectivity index (χ2n) is 5.86. The van der Waals surface area contributed by atoms with Gasteiger partial charge in [0, 0.05) is 45.5 Å². The third-order valence-corrected chi connectivity index (χ3v) is 4.01. The van der Waals surface area contributed by atoms with E-state index < -0.39 is 0 Å². The molecule has 3 heterocycles. The molecule has 1 amide bonds. The summed E-state index contributed by atoms with van der Waals surface area (Å²) in [4.78, 5) is 30.3. The van der Waals surface area contributed by atoms with Crippen LogP contribution in [-0.2, 0) is 14.1 Å². The molecule has 0 bridgehead atoms. The highest BCUT2D eigenvalue weighted by molar-refractivity contribution is 5.93. The summed E-state index contributed by atoms with van der Waals surface area (Å²) >= 11 is 0. The fraction of sp³-hybridized carbons (Fsp3) is 0.467. The van der Waals surface area contributed by atoms with Gasteiger partial charge in [0.2, 0.25) is 0 Å². The lowest BCUT2D eigenvalue weighted by molar-refractivity contribution is 0.0933. The third kappa shape index (κ3) is 3.41. The Morgan fingerprint density at radius 2 is 2.22 bits per heavy atom. The number of hydrogen-bond acceptors (Lipinski definition) is 5. The van der Waals surface area contributed by atoms with Gasteiger partial charge in [-0.3, -0.25) is 14.3 Å². The van der Waals surface area contributed by atoms with Crippen LogP contribution in [0, 0.1) is 0 Å². The van der Waals surface area contributed by atoms with Crippen LogP contribution in [0.4, 0.5) is 5.82 Å². The van der Waals surface area contributed by atoms with E-state index in [9.17, 15) is 9.59 Å². The van der Waals surface area contributed by atoms with Crippen LogP contribution in [0.25, 0.3) is 0 Å². The predicted molar refractivity (Wildman–Crippen MR) is 85.4 cm³/mol. The quantitative estimate of drug-likeness (QED) is 0.855. The van der Waals surface area contributed by atoms with Crippen molar-refractivity contribution in [3.05, 3.63) is 40.7 Å². The Morgan fingerprint density at radius 1 is 1.39 bits per heavy atom. The number of anilines is 1. The molecule has 1 atom stereocenters. The highest BCUT2D eigenvalue weighted by Crippen LogP contribution is 2.16. The van der Waals surface area contributed by atoms with E-state index in [0.29, 0.717) is 17.9 Å². The highest BCUT2D eigenvalue weighted by atomic mass is 16.1. The molecule has 0 spiro atoms. The van der Waals surface area contributed by atoms with Crippen molar-refractivity contribution in [2.24, 2.45) is 14.1 Å². The molecule has 23 heavy (non-hydrogen) atoms. The van der Waals surface area contributed by atoms with Gasteiger partial charge in [0.1, 0.15) is 5.82 Å². The Kier molecular flexibility index (Phi) is 4.14. The van der Waals surface area contributed by atoms with E-state index in [1.165, 1.54) is 17.0 Å². The first-order valence-electron chi connectivity index (χ1n) is 7.60. The van der Waals surface area contributed by atoms with Gasteiger partial charge in [0.25, 0.3) is 11.5 Å². The van der Waals surface area contributed by atoms with Crippen molar-refractivity contribution < 1.29 is 4.79 Å². The maximum absolute atomic E-state index is 12.2. The molecule has 1 N–H and O–H groups in total. The molecule has 3 rings (SSSR count). The van der Waals surface area contributed by atoms with E-state index in [1.807, 2.05) is 4.90 Å². The molecule has 0 radical (unpaired) electrons. The van der Waals surface area contributed by atoms with Crippen LogP contribution in [0.5, 0.6) is 0 Å². The van der Waals surface area contributed by atoms with Crippen LogP contribution in [0.3, 0.4) is 0 Å². The van der Waals surface area contributed by atoms with Gasteiger partial charge in [0.15, 0.2) is 0 Å². The van der Waals surface area contributed by atoms with Crippen LogP contribution in [0.2, 0.25) is 0 Å². The van der Waals surface area contributed by atoms with Crippen molar-refractivity contribution in [2.45, 2.75) is 18.9 Å². The summed E-state index contributed by atoms with van der Waals surface area (Å²) in [7, 11) is 3.45. The van der Waals surface area contributed by atoms with E-state index in [-0.39, 0.29) is 17.5 Å². The maximum atomic E-state index is 12.2. The summed E-state index contributed by atoms with van der Waals surface area (Å²) in [5, 5.41) is 7.04. The highest BCUT2D eigenvalue weighted by Gasteiger charge is 2.23. The first kappa shape index (κ1) is 15.3. The van der Waals surface area contributed by atoms with Crippen LogP contribution in [0.15, 0.2) is 29.6 Å². The second-order valence-corrected chi connectivity index (χ2v) is 5.86. The molecule has 0 aromatic carbocycles. The Hall–Kier alpha value is -2.64. The van der Waals surface area contributed by atoms with E-state index in [4.69, 9.17) is 0 Å². The lowest BCUT2D eigenvalue weighted by atomic mass is 10.1. The fourth-order valence-corrected chi connectivity index (χ4v) is 2.74. The average Bonchev–Trinajstić information content (AvgIpc) is 2.97. The molecule has 1 fully saturated rings. The average molecular weight is 316 g/mol. The van der Waals surface area contributed by atoms with E-state index in [2.05, 4.69) is 15.4 Å². The summed E-state index contributed by atoms with van der Waals surface area (Å²) in [6.07, 6.45) is 6.62. The molecule has 8 nitrogen and oxygen atoms in total. The van der Waals surface area contributed by atoms with Crippen LogP contribution < -0.4 is 15.8 Å². The van der Waals surface area contributed by atoms with Gasteiger partial charge < -0.3 is 14.8 Å². The zero-order chi connectivity index (χ0) is 16.4. The van der Waals surface area contributed by atoms with Crippen molar-refractivity contribution in [1.82, 2.24) is 24.6 Å². The van der Waals surface area contributed by atoms with Crippen molar-refractivity contribution in [3.63, 3.8) is 0 Å². The van der Waals surface area contributed by atoms with E-state index in [1.54, 1.807) is 31.2 Å². The molecular weight excluding hydrogens is 296 g/mol. The lowest BCUT2D eigenvalue weighted by Crippen LogP contribution is -2.48. The minimum absolute atomic E-state index is 0.0299. The number of nitrogens with zero attached hydrogens (tertiary/aromatic N) is 5. The van der Waals surface area contributed by atoms with Gasteiger partial charge in [-0.1, -0.05) is 0 Å². The van der Waals surface area contributed by atoms with Gasteiger partial charge in [-0.2, -0.15) is 5.10 Å². The van der Waals surface area contributed by atoms with Crippen molar-refractivity contribution in [1.29, 1.82) is 0 Å². The van der Waals surface area contributed by atoms with E-state index in [0.717, 1.165) is 19.4 Å². The number of amides is 1. The van der Waals surface area contributed by atoms with Crippen molar-refractivity contribution in [2.75, 3.05) is 18.0 Å².